The first-order valence-electron chi connectivity index (χ1n) is 10.4. The molecule has 4 atom stereocenters. The average molecular weight is 416 g/mol. The topological polar surface area (TPSA) is 96.0 Å². The minimum atomic E-state index is -1.61. The monoisotopic (exact) mass is 416 g/mol. The number of fused-ring (bicyclic) bond motifs is 3. The highest BCUT2D eigenvalue weighted by molar-refractivity contribution is 6.21. The molecule has 0 aromatic carbocycles. The maximum Gasteiger partial charge on any atom is 0.318 e. The number of aldehydes is 1. The van der Waals surface area contributed by atoms with Gasteiger partial charge in [0.05, 0.1) is 23.9 Å². The van der Waals surface area contributed by atoms with E-state index in [0.29, 0.717) is 29.6 Å². The van der Waals surface area contributed by atoms with E-state index >= 15 is 0 Å². The zero-order valence-electron chi connectivity index (χ0n) is 17.9. The largest absolute Gasteiger partial charge is 0.469 e. The summed E-state index contributed by atoms with van der Waals surface area (Å²) < 4.78 is 16.4. The van der Waals surface area contributed by atoms with E-state index in [1.807, 2.05) is 0 Å². The Kier molecular flexibility index (Phi) is 6.41. The summed E-state index contributed by atoms with van der Waals surface area (Å²) in [6, 6.07) is 0. The molecule has 30 heavy (non-hydrogen) atoms. The van der Waals surface area contributed by atoms with Crippen molar-refractivity contribution in [3.8, 4) is 0 Å². The number of allylic oxidation sites excluding steroid dienone is 3. The molecule has 1 fully saturated rings. The van der Waals surface area contributed by atoms with Crippen LogP contribution in [0.5, 0.6) is 0 Å². The number of hydrogen-bond donors (Lipinski definition) is 0. The van der Waals surface area contributed by atoms with Crippen LogP contribution in [0.1, 0.15) is 52.9 Å². The average Bonchev–Trinajstić information content (AvgIpc) is 2.99. The normalized spacial score (nSPS) is 28.7. The molecule has 7 heteroatoms. The number of unbranched alkanes of at least 4 members (excludes halogenated alkanes) is 2. The van der Waals surface area contributed by atoms with E-state index in [9.17, 15) is 19.2 Å². The molecule has 0 spiro atoms. The van der Waals surface area contributed by atoms with Gasteiger partial charge in [-0.15, -0.1) is 0 Å². The van der Waals surface area contributed by atoms with Crippen molar-refractivity contribution < 1.29 is 33.4 Å². The highest BCUT2D eigenvalue weighted by atomic mass is 16.6. The molecule has 0 N–H and O–H groups in total. The molecule has 1 unspecified atom stereocenters. The van der Waals surface area contributed by atoms with Crippen LogP contribution in [-0.2, 0) is 33.4 Å². The van der Waals surface area contributed by atoms with Gasteiger partial charge in [-0.1, -0.05) is 26.2 Å². The van der Waals surface area contributed by atoms with Crippen molar-refractivity contribution in [2.45, 2.75) is 64.6 Å². The summed E-state index contributed by atoms with van der Waals surface area (Å²) in [4.78, 5) is 50.7. The lowest BCUT2D eigenvalue weighted by Crippen LogP contribution is -2.49. The fourth-order valence-electron chi connectivity index (χ4n) is 4.57. The summed E-state index contributed by atoms with van der Waals surface area (Å²) >= 11 is 0. The molecule has 162 valence electrons. The van der Waals surface area contributed by atoms with Crippen LogP contribution in [0.3, 0.4) is 0 Å². The van der Waals surface area contributed by atoms with Crippen LogP contribution < -0.4 is 0 Å². The van der Waals surface area contributed by atoms with Crippen LogP contribution >= 0.6 is 0 Å². The van der Waals surface area contributed by atoms with Crippen molar-refractivity contribution in [3.63, 3.8) is 0 Å². The van der Waals surface area contributed by atoms with Gasteiger partial charge >= 0.3 is 5.97 Å². The molecule has 0 amide bonds. The van der Waals surface area contributed by atoms with E-state index in [4.69, 9.17) is 14.2 Å². The lowest BCUT2D eigenvalue weighted by molar-refractivity contribution is -0.157. The quantitative estimate of drug-likeness (QED) is 0.187. The molecule has 0 saturated carbocycles. The molecule has 0 aromatic rings. The Morgan fingerprint density at radius 3 is 2.70 bits per heavy atom. The molecule has 3 rings (SSSR count). The highest BCUT2D eigenvalue weighted by Gasteiger charge is 2.64. The smallest absolute Gasteiger partial charge is 0.318 e. The van der Waals surface area contributed by atoms with Gasteiger partial charge in [0.1, 0.15) is 17.5 Å². The number of esters is 1. The maximum absolute atomic E-state index is 13.2. The third-order valence-corrected chi connectivity index (χ3v) is 6.20. The fourth-order valence-corrected chi connectivity index (χ4v) is 4.57. The molecule has 2 aliphatic heterocycles. The second kappa shape index (κ2) is 8.68. The Balaban J connectivity index is 1.94. The van der Waals surface area contributed by atoms with Crippen LogP contribution in [-0.4, -0.2) is 42.6 Å². The second-order valence-corrected chi connectivity index (χ2v) is 8.23. The number of ether oxygens (including phenoxy) is 3. The summed E-state index contributed by atoms with van der Waals surface area (Å²) in [5.41, 5.74) is -0.827. The van der Waals surface area contributed by atoms with E-state index in [0.717, 1.165) is 19.3 Å². The van der Waals surface area contributed by atoms with E-state index in [2.05, 4.69) is 6.92 Å². The zero-order chi connectivity index (χ0) is 22.1. The van der Waals surface area contributed by atoms with Crippen LogP contribution in [0, 0.1) is 11.8 Å². The Morgan fingerprint density at radius 1 is 1.33 bits per heavy atom. The third-order valence-electron chi connectivity index (χ3n) is 6.20. The highest BCUT2D eigenvalue weighted by Crippen LogP contribution is 2.51. The van der Waals surface area contributed by atoms with Crippen molar-refractivity contribution >= 4 is 23.8 Å². The molecule has 0 radical (unpaired) electrons. The van der Waals surface area contributed by atoms with Crippen molar-refractivity contribution in [1.29, 1.82) is 0 Å². The number of carbonyl (C=O) groups excluding carboxylic acids is 4. The standard InChI is InChI=1S/C23H28O7/c1-5-6-7-8-14(28-4)10-18(25)19-20-17-12-29-13(2)9-15(17)16(11-24)21(26)23(20,3)30-22(19)27/h9,11-12,14,19-20H,5-8,10H2,1-4H3/t14?,19-,20-,23-/m1/s1. The molecule has 2 heterocycles. The van der Waals surface area contributed by atoms with Gasteiger partial charge in [0.2, 0.25) is 5.78 Å². The van der Waals surface area contributed by atoms with Gasteiger partial charge in [0.15, 0.2) is 11.9 Å². The van der Waals surface area contributed by atoms with E-state index in [-0.39, 0.29) is 23.9 Å². The third kappa shape index (κ3) is 3.67. The van der Waals surface area contributed by atoms with E-state index in [1.165, 1.54) is 13.2 Å². The van der Waals surface area contributed by atoms with Gasteiger partial charge in [-0.2, -0.15) is 0 Å². The molecule has 7 nitrogen and oxygen atoms in total. The van der Waals surface area contributed by atoms with Gasteiger partial charge in [-0.05, 0) is 31.9 Å². The molecule has 1 saturated heterocycles. The minimum Gasteiger partial charge on any atom is -0.469 e. The van der Waals surface area contributed by atoms with Crippen molar-refractivity contribution in [2.75, 3.05) is 7.11 Å². The van der Waals surface area contributed by atoms with Crippen LogP contribution in [0.2, 0.25) is 0 Å². The number of rotatable bonds is 9. The minimum absolute atomic E-state index is 0.0589. The Hall–Kier alpha value is -2.54. The zero-order valence-corrected chi connectivity index (χ0v) is 17.9. The molecule has 0 bridgehead atoms. The first-order chi connectivity index (χ1) is 14.3. The second-order valence-electron chi connectivity index (χ2n) is 8.23. The summed E-state index contributed by atoms with van der Waals surface area (Å²) in [7, 11) is 1.55. The SMILES string of the molecule is CCCCCC(CC(=O)[C@H]1C(=O)O[C@@]2(C)C(=O)C(C=O)=C3C=C(C)OC=C3[C@H]12)OC. The molecular weight excluding hydrogens is 388 g/mol. The predicted octanol–water partition coefficient (Wildman–Crippen LogP) is 2.98. The molecule has 3 aliphatic rings. The maximum atomic E-state index is 13.2. The van der Waals surface area contributed by atoms with Crippen LogP contribution in [0.25, 0.3) is 0 Å². The number of carbonyl (C=O) groups is 4. The lowest BCUT2D eigenvalue weighted by atomic mass is 9.65. The number of Topliss-reactive ketones (excluding diaryl/α,β-unsaturated/α-hetero) is 2. The predicted molar refractivity (Wildman–Crippen MR) is 107 cm³/mol. The first-order valence-corrected chi connectivity index (χ1v) is 10.4. The number of hydrogen-bond acceptors (Lipinski definition) is 7. The Morgan fingerprint density at radius 2 is 2.07 bits per heavy atom. The van der Waals surface area contributed by atoms with Crippen LogP contribution in [0.15, 0.2) is 34.8 Å². The van der Waals surface area contributed by atoms with Crippen molar-refractivity contribution in [1.82, 2.24) is 0 Å². The summed E-state index contributed by atoms with van der Waals surface area (Å²) in [6.45, 7) is 5.25. The Labute approximate surface area is 176 Å². The molecule has 0 aromatic heterocycles. The fraction of sp³-hybridized carbons (Fsp3) is 0.565. The van der Waals surface area contributed by atoms with E-state index in [1.54, 1.807) is 20.1 Å². The van der Waals surface area contributed by atoms with Gasteiger partial charge < -0.3 is 14.2 Å². The van der Waals surface area contributed by atoms with E-state index < -0.39 is 29.2 Å². The first kappa shape index (κ1) is 22.2. The van der Waals surface area contributed by atoms with Gasteiger partial charge in [-0.25, -0.2) is 0 Å². The summed E-state index contributed by atoms with van der Waals surface area (Å²) in [6.07, 6.45) is 6.96. The summed E-state index contributed by atoms with van der Waals surface area (Å²) in [5.74, 6) is -3.15. The van der Waals surface area contributed by atoms with Gasteiger partial charge in [-0.3, -0.25) is 19.2 Å². The molecule has 1 aliphatic carbocycles. The lowest BCUT2D eigenvalue weighted by Gasteiger charge is -2.37. The van der Waals surface area contributed by atoms with Crippen molar-refractivity contribution in [3.05, 3.63) is 34.8 Å². The van der Waals surface area contributed by atoms with Crippen LogP contribution in [0.4, 0.5) is 0 Å². The van der Waals surface area contributed by atoms with Crippen molar-refractivity contribution in [2.24, 2.45) is 11.8 Å². The Bertz CT molecular complexity index is 863. The number of methoxy groups -OCH3 is 1. The summed E-state index contributed by atoms with van der Waals surface area (Å²) in [5, 5.41) is 0. The van der Waals surface area contributed by atoms with Gasteiger partial charge in [0, 0.05) is 19.1 Å². The van der Waals surface area contributed by atoms with Gasteiger partial charge in [0.25, 0.3) is 0 Å². The number of ketones is 2. The molecular formula is C23H28O7.